The van der Waals surface area contributed by atoms with Gasteiger partial charge >= 0.3 is 0 Å². The van der Waals surface area contributed by atoms with Gasteiger partial charge in [0.25, 0.3) is 0 Å². The fraction of sp³-hybridized carbons (Fsp3) is 0.143. The molecule has 1 aliphatic heterocycles. The van der Waals surface area contributed by atoms with Gasteiger partial charge in [-0.05, 0) is 43.2 Å². The van der Waals surface area contributed by atoms with Gasteiger partial charge in [0, 0.05) is 19.6 Å². The van der Waals surface area contributed by atoms with E-state index in [0.717, 1.165) is 16.0 Å². The summed E-state index contributed by atoms with van der Waals surface area (Å²) < 4.78 is 13.7. The van der Waals surface area contributed by atoms with Crippen molar-refractivity contribution in [1.29, 1.82) is 0 Å². The van der Waals surface area contributed by atoms with Gasteiger partial charge in [-0.2, -0.15) is 0 Å². The number of fused-ring (bicyclic) bond motifs is 2. The second-order valence-corrected chi connectivity index (χ2v) is 6.22. The predicted molar refractivity (Wildman–Crippen MR) is 70.6 cm³/mol. The smallest absolute Gasteiger partial charge is 0.127 e. The number of benzene rings is 2. The number of hydrogen-bond acceptors (Lipinski definition) is 2. The minimum Gasteiger partial charge on any atom is -0.207 e. The Morgan fingerprint density at radius 2 is 1.53 bits per heavy atom. The Morgan fingerprint density at radius 3 is 2.24 bits per heavy atom. The van der Waals surface area contributed by atoms with E-state index >= 15 is 0 Å². The molecule has 3 heteroatoms. The van der Waals surface area contributed by atoms with E-state index in [9.17, 15) is 4.39 Å². The van der Waals surface area contributed by atoms with Gasteiger partial charge in [0.2, 0.25) is 0 Å². The van der Waals surface area contributed by atoms with Gasteiger partial charge in [0.05, 0.1) is 0 Å². The van der Waals surface area contributed by atoms with Crippen LogP contribution in [-0.2, 0) is 0 Å². The van der Waals surface area contributed by atoms with Crippen LogP contribution in [0.15, 0.2) is 49.9 Å². The summed E-state index contributed by atoms with van der Waals surface area (Å²) in [5, 5.41) is 0. The molecular weight excluding hydrogens is 251 g/mol. The molecule has 2 aromatic carbocycles. The second kappa shape index (κ2) is 4.07. The van der Waals surface area contributed by atoms with Crippen LogP contribution in [0.2, 0.25) is 0 Å². The monoisotopic (exact) mass is 262 g/mol. The van der Waals surface area contributed by atoms with Crippen LogP contribution < -0.4 is 0 Å². The Balaban J connectivity index is 2.18. The van der Waals surface area contributed by atoms with Gasteiger partial charge in [-0.1, -0.05) is 35.7 Å². The maximum absolute atomic E-state index is 13.7. The first kappa shape index (κ1) is 11.2. The summed E-state index contributed by atoms with van der Waals surface area (Å²) in [5.41, 5.74) is 1.82. The molecule has 0 nitrogen and oxygen atoms in total. The Morgan fingerprint density at radius 1 is 0.882 bits per heavy atom. The Kier molecular flexibility index (Phi) is 2.68. The van der Waals surface area contributed by atoms with E-state index in [-0.39, 0.29) is 5.82 Å². The Hall–Kier alpha value is -0.930. The first-order valence-electron chi connectivity index (χ1n) is 5.41. The molecule has 0 spiro atoms. The average molecular weight is 262 g/mol. The van der Waals surface area contributed by atoms with Crippen molar-refractivity contribution in [3.05, 3.63) is 47.3 Å². The highest BCUT2D eigenvalue weighted by Gasteiger charge is 2.20. The van der Waals surface area contributed by atoms with Crippen molar-refractivity contribution in [1.82, 2.24) is 0 Å². The largest absolute Gasteiger partial charge is 0.207 e. The van der Waals surface area contributed by atoms with Crippen LogP contribution in [0.4, 0.5) is 4.39 Å². The van der Waals surface area contributed by atoms with E-state index in [1.807, 2.05) is 26.0 Å². The van der Waals surface area contributed by atoms with Crippen LogP contribution in [0.3, 0.4) is 0 Å². The first-order chi connectivity index (χ1) is 8.16. The molecule has 0 bridgehead atoms. The third-order valence-electron chi connectivity index (χ3n) is 3.02. The van der Waals surface area contributed by atoms with E-state index in [4.69, 9.17) is 0 Å². The molecule has 17 heavy (non-hydrogen) atoms. The van der Waals surface area contributed by atoms with Crippen molar-refractivity contribution in [2.45, 2.75) is 33.4 Å². The predicted octanol–water partition coefficient (Wildman–Crippen LogP) is 5.06. The quantitative estimate of drug-likeness (QED) is 0.555. The van der Waals surface area contributed by atoms with Gasteiger partial charge in [-0.15, -0.1) is 0 Å². The van der Waals surface area contributed by atoms with Gasteiger partial charge in [-0.3, -0.25) is 0 Å². The normalized spacial score (nSPS) is 13.1. The number of halogens is 1. The van der Waals surface area contributed by atoms with Gasteiger partial charge < -0.3 is 0 Å². The SMILES string of the molecule is Cc1c(F)cc2c(c1C)Sc1ccccc1S2. The van der Waals surface area contributed by atoms with Crippen LogP contribution in [0.1, 0.15) is 11.1 Å². The van der Waals surface area contributed by atoms with Crippen molar-refractivity contribution in [2.24, 2.45) is 0 Å². The zero-order valence-corrected chi connectivity index (χ0v) is 11.2. The molecule has 2 aromatic rings. The van der Waals surface area contributed by atoms with Crippen LogP contribution in [0, 0.1) is 19.7 Å². The van der Waals surface area contributed by atoms with Crippen molar-refractivity contribution >= 4 is 23.5 Å². The zero-order chi connectivity index (χ0) is 12.0. The molecule has 0 amide bonds. The third-order valence-corrected chi connectivity index (χ3v) is 5.71. The van der Waals surface area contributed by atoms with Crippen molar-refractivity contribution in [2.75, 3.05) is 0 Å². The molecule has 0 fully saturated rings. The molecule has 0 atom stereocenters. The van der Waals surface area contributed by atoms with E-state index in [1.54, 1.807) is 29.6 Å². The van der Waals surface area contributed by atoms with E-state index in [2.05, 4.69) is 12.1 Å². The lowest BCUT2D eigenvalue weighted by Crippen LogP contribution is -1.97. The summed E-state index contributed by atoms with van der Waals surface area (Å²) in [6.45, 7) is 3.84. The second-order valence-electron chi connectivity index (χ2n) is 4.09. The summed E-state index contributed by atoms with van der Waals surface area (Å²) in [7, 11) is 0. The molecule has 0 unspecified atom stereocenters. The van der Waals surface area contributed by atoms with Gasteiger partial charge in [-0.25, -0.2) is 4.39 Å². The summed E-state index contributed by atoms with van der Waals surface area (Å²) in [4.78, 5) is 4.72. The van der Waals surface area contributed by atoms with Crippen LogP contribution in [0.25, 0.3) is 0 Å². The minimum atomic E-state index is -0.103. The molecule has 0 radical (unpaired) electrons. The summed E-state index contributed by atoms with van der Waals surface area (Å²) in [6.07, 6.45) is 0. The zero-order valence-electron chi connectivity index (χ0n) is 9.58. The molecule has 86 valence electrons. The van der Waals surface area contributed by atoms with Crippen LogP contribution in [-0.4, -0.2) is 0 Å². The van der Waals surface area contributed by atoms with Gasteiger partial charge in [0.15, 0.2) is 0 Å². The lowest BCUT2D eigenvalue weighted by Gasteiger charge is -2.21. The molecule has 1 heterocycles. The summed E-state index contributed by atoms with van der Waals surface area (Å²) >= 11 is 3.40. The van der Waals surface area contributed by atoms with Crippen LogP contribution >= 0.6 is 23.5 Å². The molecule has 0 aliphatic carbocycles. The van der Waals surface area contributed by atoms with Crippen molar-refractivity contribution in [3.63, 3.8) is 0 Å². The highest BCUT2D eigenvalue weighted by molar-refractivity contribution is 8.05. The van der Waals surface area contributed by atoms with Crippen molar-refractivity contribution in [3.8, 4) is 0 Å². The van der Waals surface area contributed by atoms with Crippen LogP contribution in [0.5, 0.6) is 0 Å². The third kappa shape index (κ3) is 1.78. The summed E-state index contributed by atoms with van der Waals surface area (Å²) in [6, 6.07) is 9.93. The Labute approximate surface area is 109 Å². The highest BCUT2D eigenvalue weighted by Crippen LogP contribution is 2.50. The summed E-state index contributed by atoms with van der Waals surface area (Å²) in [5.74, 6) is -0.103. The number of rotatable bonds is 0. The van der Waals surface area contributed by atoms with E-state index in [0.29, 0.717) is 0 Å². The molecule has 0 N–H and O–H groups in total. The molecular formula is C14H11FS2. The topological polar surface area (TPSA) is 0 Å². The maximum Gasteiger partial charge on any atom is 0.127 e. The van der Waals surface area contributed by atoms with E-state index < -0.39 is 0 Å². The minimum absolute atomic E-state index is 0.103. The van der Waals surface area contributed by atoms with Gasteiger partial charge in [0.1, 0.15) is 5.82 Å². The molecule has 0 aromatic heterocycles. The molecule has 1 aliphatic rings. The van der Waals surface area contributed by atoms with E-state index in [1.165, 1.54) is 14.7 Å². The first-order valence-corrected chi connectivity index (χ1v) is 7.04. The Bertz CT molecular complexity index is 605. The average Bonchev–Trinajstić information content (AvgIpc) is 2.34. The fourth-order valence-electron chi connectivity index (χ4n) is 1.87. The molecule has 0 saturated carbocycles. The lowest BCUT2D eigenvalue weighted by atomic mass is 10.1. The standard InChI is InChI=1S/C14H11FS2/c1-8-9(2)14-13(7-10(8)15)16-11-5-3-4-6-12(11)17-14/h3-7H,1-2H3. The lowest BCUT2D eigenvalue weighted by molar-refractivity contribution is 0.609. The molecule has 3 rings (SSSR count). The van der Waals surface area contributed by atoms with Crippen molar-refractivity contribution < 1.29 is 4.39 Å². The fourth-order valence-corrected chi connectivity index (χ4v) is 4.33. The number of hydrogen-bond donors (Lipinski definition) is 0. The maximum atomic E-state index is 13.7. The molecule has 0 saturated heterocycles. The highest BCUT2D eigenvalue weighted by atomic mass is 32.2.